The van der Waals surface area contributed by atoms with E-state index in [1.165, 1.54) is 11.1 Å². The van der Waals surface area contributed by atoms with Crippen molar-refractivity contribution in [2.24, 2.45) is 5.73 Å². The fourth-order valence-corrected chi connectivity index (χ4v) is 3.26. The maximum absolute atomic E-state index is 6.33. The molecule has 1 unspecified atom stereocenters. The highest BCUT2D eigenvalue weighted by atomic mass is 35.5. The van der Waals surface area contributed by atoms with Crippen LogP contribution in [0.4, 0.5) is 0 Å². The molecule has 1 aliphatic heterocycles. The van der Waals surface area contributed by atoms with Crippen molar-refractivity contribution in [1.82, 2.24) is 4.90 Å². The molecule has 0 saturated carbocycles. The van der Waals surface area contributed by atoms with Crippen LogP contribution >= 0.6 is 11.6 Å². The third-order valence-corrected chi connectivity index (χ3v) is 4.43. The summed E-state index contributed by atoms with van der Waals surface area (Å²) in [5.41, 5.74) is 10.0. The van der Waals surface area contributed by atoms with Crippen molar-refractivity contribution in [1.29, 1.82) is 0 Å². The quantitative estimate of drug-likeness (QED) is 0.937. The van der Waals surface area contributed by atoms with Crippen LogP contribution in [0.25, 0.3) is 0 Å². The number of hydrogen-bond donors (Lipinski definition) is 1. The normalized spacial score (nSPS) is 16.7. The fraction of sp³-hybridized carbons (Fsp3) is 0.294. The molecule has 104 valence electrons. The minimum Gasteiger partial charge on any atom is -0.329 e. The SMILES string of the molecule is NCC(c1ccccc1Cl)N1CCc2ccccc2C1. The highest BCUT2D eigenvalue weighted by molar-refractivity contribution is 6.31. The van der Waals surface area contributed by atoms with Crippen LogP contribution in [0, 0.1) is 0 Å². The van der Waals surface area contributed by atoms with Gasteiger partial charge in [-0.15, -0.1) is 0 Å². The van der Waals surface area contributed by atoms with Crippen molar-refractivity contribution in [2.75, 3.05) is 13.1 Å². The van der Waals surface area contributed by atoms with E-state index < -0.39 is 0 Å². The van der Waals surface area contributed by atoms with Gasteiger partial charge in [-0.3, -0.25) is 4.90 Å². The molecule has 2 nitrogen and oxygen atoms in total. The minimum absolute atomic E-state index is 0.192. The Balaban J connectivity index is 1.87. The third-order valence-electron chi connectivity index (χ3n) is 4.09. The molecule has 0 amide bonds. The Labute approximate surface area is 125 Å². The largest absolute Gasteiger partial charge is 0.329 e. The van der Waals surface area contributed by atoms with Gasteiger partial charge in [0.1, 0.15) is 0 Å². The molecule has 2 aromatic carbocycles. The fourth-order valence-electron chi connectivity index (χ4n) is 3.00. The van der Waals surface area contributed by atoms with E-state index in [-0.39, 0.29) is 6.04 Å². The van der Waals surface area contributed by atoms with E-state index in [1.54, 1.807) is 0 Å². The topological polar surface area (TPSA) is 29.3 Å². The van der Waals surface area contributed by atoms with Gasteiger partial charge in [-0.1, -0.05) is 54.1 Å². The number of fused-ring (bicyclic) bond motifs is 1. The molecular weight excluding hydrogens is 268 g/mol. The molecule has 3 rings (SSSR count). The second kappa shape index (κ2) is 5.96. The van der Waals surface area contributed by atoms with Gasteiger partial charge in [0, 0.05) is 30.7 Å². The molecule has 0 saturated heterocycles. The molecule has 3 heteroatoms. The molecule has 0 bridgehead atoms. The second-order valence-corrected chi connectivity index (χ2v) is 5.67. The summed E-state index contributed by atoms with van der Waals surface area (Å²) in [7, 11) is 0. The predicted octanol–water partition coefficient (Wildman–Crippen LogP) is 3.40. The summed E-state index contributed by atoms with van der Waals surface area (Å²) >= 11 is 6.33. The molecule has 20 heavy (non-hydrogen) atoms. The van der Waals surface area contributed by atoms with Crippen LogP contribution in [0.5, 0.6) is 0 Å². The summed E-state index contributed by atoms with van der Waals surface area (Å²) in [5, 5.41) is 0.807. The Kier molecular flexibility index (Phi) is 4.06. The molecule has 0 aliphatic carbocycles. The lowest BCUT2D eigenvalue weighted by Gasteiger charge is -2.35. The predicted molar refractivity (Wildman–Crippen MR) is 83.8 cm³/mol. The average molecular weight is 287 g/mol. The molecule has 2 aromatic rings. The molecule has 0 aromatic heterocycles. The molecular formula is C17H19ClN2. The van der Waals surface area contributed by atoms with Gasteiger partial charge in [0.15, 0.2) is 0 Å². The van der Waals surface area contributed by atoms with E-state index in [0.717, 1.165) is 30.1 Å². The first kappa shape index (κ1) is 13.6. The van der Waals surface area contributed by atoms with Gasteiger partial charge in [-0.2, -0.15) is 0 Å². The van der Waals surface area contributed by atoms with Crippen LogP contribution in [0.1, 0.15) is 22.7 Å². The van der Waals surface area contributed by atoms with Crippen LogP contribution < -0.4 is 5.73 Å². The Morgan fingerprint density at radius 3 is 2.50 bits per heavy atom. The number of halogens is 1. The van der Waals surface area contributed by atoms with Gasteiger partial charge in [0.05, 0.1) is 0 Å². The zero-order chi connectivity index (χ0) is 13.9. The summed E-state index contributed by atoms with van der Waals surface area (Å²) < 4.78 is 0. The van der Waals surface area contributed by atoms with Gasteiger partial charge in [-0.25, -0.2) is 0 Å². The van der Waals surface area contributed by atoms with Gasteiger partial charge in [0.25, 0.3) is 0 Å². The van der Waals surface area contributed by atoms with Crippen LogP contribution in [0.3, 0.4) is 0 Å². The van der Waals surface area contributed by atoms with E-state index in [0.29, 0.717) is 6.54 Å². The van der Waals surface area contributed by atoms with Crippen LogP contribution in [-0.4, -0.2) is 18.0 Å². The summed E-state index contributed by atoms with van der Waals surface area (Å²) in [4.78, 5) is 2.43. The molecule has 1 aliphatic rings. The first-order chi connectivity index (χ1) is 9.79. The highest BCUT2D eigenvalue weighted by Crippen LogP contribution is 2.30. The molecule has 2 N–H and O–H groups in total. The van der Waals surface area contributed by atoms with Crippen molar-refractivity contribution >= 4 is 11.6 Å². The lowest BCUT2D eigenvalue weighted by Crippen LogP contribution is -2.37. The third kappa shape index (κ3) is 2.59. The van der Waals surface area contributed by atoms with Crippen molar-refractivity contribution in [3.8, 4) is 0 Å². The summed E-state index contributed by atoms with van der Waals surface area (Å²) in [6.07, 6.45) is 1.08. The van der Waals surface area contributed by atoms with Crippen LogP contribution in [0.2, 0.25) is 5.02 Å². The monoisotopic (exact) mass is 286 g/mol. The van der Waals surface area contributed by atoms with Crippen LogP contribution in [-0.2, 0) is 13.0 Å². The standard InChI is InChI=1S/C17H19ClN2/c18-16-8-4-3-7-15(16)17(11-19)20-10-9-13-5-1-2-6-14(13)12-20/h1-8,17H,9-12,19H2. The van der Waals surface area contributed by atoms with Gasteiger partial charge in [-0.05, 0) is 29.2 Å². The van der Waals surface area contributed by atoms with Crippen molar-refractivity contribution in [3.63, 3.8) is 0 Å². The van der Waals surface area contributed by atoms with Gasteiger partial charge < -0.3 is 5.73 Å². The van der Waals surface area contributed by atoms with E-state index in [9.17, 15) is 0 Å². The Morgan fingerprint density at radius 1 is 1.05 bits per heavy atom. The summed E-state index contributed by atoms with van der Waals surface area (Å²) in [5.74, 6) is 0. The Bertz CT molecular complexity index is 597. The van der Waals surface area contributed by atoms with E-state index in [4.69, 9.17) is 17.3 Å². The van der Waals surface area contributed by atoms with E-state index in [1.807, 2.05) is 18.2 Å². The lowest BCUT2D eigenvalue weighted by atomic mass is 9.96. The highest BCUT2D eigenvalue weighted by Gasteiger charge is 2.24. The number of nitrogens with two attached hydrogens (primary N) is 1. The Morgan fingerprint density at radius 2 is 1.75 bits per heavy atom. The summed E-state index contributed by atoms with van der Waals surface area (Å²) in [6, 6.07) is 16.9. The van der Waals surface area contributed by atoms with E-state index in [2.05, 4.69) is 35.2 Å². The van der Waals surface area contributed by atoms with Crippen LogP contribution in [0.15, 0.2) is 48.5 Å². The smallest absolute Gasteiger partial charge is 0.0488 e. The average Bonchev–Trinajstić information content (AvgIpc) is 2.50. The zero-order valence-electron chi connectivity index (χ0n) is 11.4. The number of nitrogens with zero attached hydrogens (tertiary/aromatic N) is 1. The first-order valence-electron chi connectivity index (χ1n) is 7.05. The summed E-state index contributed by atoms with van der Waals surface area (Å²) in [6.45, 7) is 2.57. The van der Waals surface area contributed by atoms with Crippen molar-refractivity contribution < 1.29 is 0 Å². The molecule has 1 heterocycles. The van der Waals surface area contributed by atoms with Gasteiger partial charge >= 0.3 is 0 Å². The molecule has 0 radical (unpaired) electrons. The molecule has 1 atom stereocenters. The maximum Gasteiger partial charge on any atom is 0.0488 e. The lowest BCUT2D eigenvalue weighted by molar-refractivity contribution is 0.184. The number of hydrogen-bond acceptors (Lipinski definition) is 2. The zero-order valence-corrected chi connectivity index (χ0v) is 12.2. The van der Waals surface area contributed by atoms with Crippen molar-refractivity contribution in [3.05, 3.63) is 70.2 Å². The molecule has 0 spiro atoms. The van der Waals surface area contributed by atoms with E-state index >= 15 is 0 Å². The molecule has 0 fully saturated rings. The minimum atomic E-state index is 0.192. The maximum atomic E-state index is 6.33. The van der Waals surface area contributed by atoms with Gasteiger partial charge in [0.2, 0.25) is 0 Å². The first-order valence-corrected chi connectivity index (χ1v) is 7.42. The number of rotatable bonds is 3. The Hall–Kier alpha value is -1.35. The number of benzene rings is 2. The second-order valence-electron chi connectivity index (χ2n) is 5.26. The van der Waals surface area contributed by atoms with Crippen molar-refractivity contribution in [2.45, 2.75) is 19.0 Å².